The Labute approximate surface area is 114 Å². The summed E-state index contributed by atoms with van der Waals surface area (Å²) in [6.45, 7) is 0.213. The molecule has 0 aliphatic heterocycles. The molecule has 3 aromatic rings. The number of hydrogen-bond donors (Lipinski definition) is 0. The molecule has 0 N–H and O–H groups in total. The van der Waals surface area contributed by atoms with E-state index in [1.165, 1.54) is 16.7 Å². The van der Waals surface area contributed by atoms with Crippen molar-refractivity contribution in [3.63, 3.8) is 0 Å². The molecule has 0 bridgehead atoms. The van der Waals surface area contributed by atoms with E-state index >= 15 is 0 Å². The lowest BCUT2D eigenvalue weighted by Gasteiger charge is -2.04. The number of benzene rings is 2. The third-order valence-electron chi connectivity index (χ3n) is 2.95. The summed E-state index contributed by atoms with van der Waals surface area (Å²) in [5.41, 5.74) is 1.45. The lowest BCUT2D eigenvalue weighted by molar-refractivity contribution is 0.378. The fourth-order valence-corrected chi connectivity index (χ4v) is 2.02. The molecule has 3 rings (SSSR count). The SMILES string of the molecule is O=c1onc(-c2ccccc2)n1Cc1cccc(F)c1. The highest BCUT2D eigenvalue weighted by Crippen LogP contribution is 2.16. The summed E-state index contributed by atoms with van der Waals surface area (Å²) in [4.78, 5) is 11.7. The van der Waals surface area contributed by atoms with Gasteiger partial charge in [-0.15, -0.1) is 0 Å². The molecule has 0 saturated carbocycles. The lowest BCUT2D eigenvalue weighted by Crippen LogP contribution is -2.16. The minimum atomic E-state index is -0.562. The van der Waals surface area contributed by atoms with Crippen LogP contribution in [0, 0.1) is 5.82 Å². The summed E-state index contributed by atoms with van der Waals surface area (Å²) >= 11 is 0. The molecule has 0 saturated heterocycles. The summed E-state index contributed by atoms with van der Waals surface area (Å²) in [6.07, 6.45) is 0. The van der Waals surface area contributed by atoms with E-state index in [0.29, 0.717) is 11.4 Å². The van der Waals surface area contributed by atoms with Crippen LogP contribution in [0.1, 0.15) is 5.56 Å². The van der Waals surface area contributed by atoms with Crippen LogP contribution in [0.2, 0.25) is 0 Å². The molecule has 0 amide bonds. The van der Waals surface area contributed by atoms with Gasteiger partial charge in [-0.2, -0.15) is 0 Å². The van der Waals surface area contributed by atoms with Gasteiger partial charge in [-0.05, 0) is 17.7 Å². The van der Waals surface area contributed by atoms with Crippen molar-refractivity contribution >= 4 is 0 Å². The first-order valence-corrected chi connectivity index (χ1v) is 6.10. The van der Waals surface area contributed by atoms with Crippen LogP contribution in [0.4, 0.5) is 4.39 Å². The van der Waals surface area contributed by atoms with E-state index < -0.39 is 5.76 Å². The molecule has 5 heteroatoms. The maximum atomic E-state index is 13.2. The van der Waals surface area contributed by atoms with Crippen molar-refractivity contribution in [1.82, 2.24) is 9.72 Å². The molecule has 0 spiro atoms. The monoisotopic (exact) mass is 270 g/mol. The number of nitrogens with zero attached hydrogens (tertiary/aromatic N) is 2. The summed E-state index contributed by atoms with van der Waals surface area (Å²) in [5.74, 6) is -0.471. The molecule has 0 atom stereocenters. The molecule has 4 nitrogen and oxygen atoms in total. The number of hydrogen-bond acceptors (Lipinski definition) is 3. The summed E-state index contributed by atoms with van der Waals surface area (Å²) in [5, 5.41) is 3.79. The zero-order valence-electron chi connectivity index (χ0n) is 10.5. The van der Waals surface area contributed by atoms with Crippen LogP contribution in [0.25, 0.3) is 11.4 Å². The summed E-state index contributed by atoms with van der Waals surface area (Å²) in [7, 11) is 0. The normalized spacial score (nSPS) is 10.7. The maximum absolute atomic E-state index is 13.2. The minimum absolute atomic E-state index is 0.213. The van der Waals surface area contributed by atoms with E-state index in [2.05, 4.69) is 5.16 Å². The van der Waals surface area contributed by atoms with Crippen molar-refractivity contribution in [1.29, 1.82) is 0 Å². The molecular weight excluding hydrogens is 259 g/mol. The number of rotatable bonds is 3. The molecule has 100 valence electrons. The predicted molar refractivity (Wildman–Crippen MR) is 71.7 cm³/mol. The third kappa shape index (κ3) is 2.38. The fraction of sp³-hybridized carbons (Fsp3) is 0.0667. The smallest absolute Gasteiger partial charge is 0.295 e. The van der Waals surface area contributed by atoms with Crippen LogP contribution >= 0.6 is 0 Å². The quantitative estimate of drug-likeness (QED) is 0.735. The van der Waals surface area contributed by atoms with Crippen LogP contribution in [0.5, 0.6) is 0 Å². The highest BCUT2D eigenvalue weighted by Gasteiger charge is 2.12. The number of aromatic nitrogens is 2. The van der Waals surface area contributed by atoms with E-state index in [1.807, 2.05) is 30.3 Å². The Hall–Kier alpha value is -2.69. The molecule has 0 aliphatic carbocycles. The fourth-order valence-electron chi connectivity index (χ4n) is 2.02. The molecule has 1 heterocycles. The highest BCUT2D eigenvalue weighted by molar-refractivity contribution is 5.54. The molecule has 20 heavy (non-hydrogen) atoms. The molecule has 0 radical (unpaired) electrons. The minimum Gasteiger partial charge on any atom is -0.295 e. The average molecular weight is 270 g/mol. The Morgan fingerprint density at radius 3 is 2.65 bits per heavy atom. The topological polar surface area (TPSA) is 48.0 Å². The third-order valence-corrected chi connectivity index (χ3v) is 2.95. The Balaban J connectivity index is 2.02. The van der Waals surface area contributed by atoms with E-state index in [0.717, 1.165) is 5.56 Å². The van der Waals surface area contributed by atoms with Crippen molar-refractivity contribution in [3.8, 4) is 11.4 Å². The average Bonchev–Trinajstić information content (AvgIpc) is 2.81. The van der Waals surface area contributed by atoms with Crippen LogP contribution in [0.15, 0.2) is 63.9 Å². The first kappa shape index (κ1) is 12.3. The van der Waals surface area contributed by atoms with Crippen LogP contribution in [-0.4, -0.2) is 9.72 Å². The number of halogens is 1. The lowest BCUT2D eigenvalue weighted by atomic mass is 10.2. The van der Waals surface area contributed by atoms with E-state index in [-0.39, 0.29) is 12.4 Å². The van der Waals surface area contributed by atoms with Gasteiger partial charge in [0.05, 0.1) is 6.54 Å². The van der Waals surface area contributed by atoms with Crippen LogP contribution in [-0.2, 0) is 6.54 Å². The predicted octanol–water partition coefficient (Wildman–Crippen LogP) is 2.69. The van der Waals surface area contributed by atoms with E-state index in [9.17, 15) is 9.18 Å². The summed E-state index contributed by atoms with van der Waals surface area (Å²) < 4.78 is 19.3. The van der Waals surface area contributed by atoms with Gasteiger partial charge in [0.25, 0.3) is 0 Å². The van der Waals surface area contributed by atoms with Gasteiger partial charge in [-0.1, -0.05) is 47.6 Å². The van der Waals surface area contributed by atoms with Crippen LogP contribution < -0.4 is 5.76 Å². The Morgan fingerprint density at radius 1 is 1.10 bits per heavy atom. The Kier molecular flexibility index (Phi) is 3.16. The molecular formula is C15H11FN2O2. The van der Waals surface area contributed by atoms with E-state index in [4.69, 9.17) is 4.52 Å². The van der Waals surface area contributed by atoms with Gasteiger partial charge in [-0.3, -0.25) is 9.09 Å². The molecule has 0 aliphatic rings. The first-order chi connectivity index (χ1) is 9.74. The standard InChI is InChI=1S/C15H11FN2O2/c16-13-8-4-5-11(9-13)10-18-14(17-20-15(18)19)12-6-2-1-3-7-12/h1-9H,10H2. The highest BCUT2D eigenvalue weighted by atomic mass is 19.1. The van der Waals surface area contributed by atoms with Gasteiger partial charge >= 0.3 is 5.76 Å². The van der Waals surface area contributed by atoms with Gasteiger partial charge in [0.2, 0.25) is 0 Å². The van der Waals surface area contributed by atoms with Crippen LogP contribution in [0.3, 0.4) is 0 Å². The molecule has 1 aromatic heterocycles. The summed E-state index contributed by atoms with van der Waals surface area (Å²) in [6, 6.07) is 15.3. The van der Waals surface area contributed by atoms with Gasteiger partial charge in [0.15, 0.2) is 5.82 Å². The second kappa shape index (κ2) is 5.13. The Morgan fingerprint density at radius 2 is 1.90 bits per heavy atom. The largest absolute Gasteiger partial charge is 0.442 e. The zero-order valence-corrected chi connectivity index (χ0v) is 10.5. The first-order valence-electron chi connectivity index (χ1n) is 6.10. The van der Waals surface area contributed by atoms with Crippen molar-refractivity contribution in [2.24, 2.45) is 0 Å². The van der Waals surface area contributed by atoms with Crippen molar-refractivity contribution < 1.29 is 8.91 Å². The molecule has 2 aromatic carbocycles. The van der Waals surface area contributed by atoms with Crippen molar-refractivity contribution in [3.05, 3.63) is 76.5 Å². The second-order valence-corrected chi connectivity index (χ2v) is 4.35. The second-order valence-electron chi connectivity index (χ2n) is 4.35. The molecule has 0 unspecified atom stereocenters. The zero-order chi connectivity index (χ0) is 13.9. The Bertz CT molecular complexity index is 778. The van der Waals surface area contributed by atoms with Gasteiger partial charge in [0.1, 0.15) is 5.82 Å². The van der Waals surface area contributed by atoms with Gasteiger partial charge < -0.3 is 0 Å². The van der Waals surface area contributed by atoms with Crippen molar-refractivity contribution in [2.45, 2.75) is 6.54 Å². The van der Waals surface area contributed by atoms with E-state index in [1.54, 1.807) is 12.1 Å². The van der Waals surface area contributed by atoms with Gasteiger partial charge in [-0.25, -0.2) is 9.18 Å². The molecule has 0 fully saturated rings. The van der Waals surface area contributed by atoms with Gasteiger partial charge in [0, 0.05) is 5.56 Å². The maximum Gasteiger partial charge on any atom is 0.442 e. The van der Waals surface area contributed by atoms with Crippen molar-refractivity contribution in [2.75, 3.05) is 0 Å².